The second kappa shape index (κ2) is 6.05. The van der Waals surface area contributed by atoms with Gasteiger partial charge in [0.15, 0.2) is 0 Å². The highest BCUT2D eigenvalue weighted by Crippen LogP contribution is 2.26. The van der Waals surface area contributed by atoms with E-state index < -0.39 is 11.7 Å². The Labute approximate surface area is 124 Å². The van der Waals surface area contributed by atoms with Gasteiger partial charge in [0.05, 0.1) is 18.4 Å². The molecule has 2 aromatic rings. The number of nitrogens with one attached hydrogen (secondary N) is 1. The van der Waals surface area contributed by atoms with E-state index in [0.717, 1.165) is 5.56 Å². The van der Waals surface area contributed by atoms with Crippen LogP contribution in [-0.2, 0) is 0 Å². The first kappa shape index (κ1) is 14.5. The topological polar surface area (TPSA) is 38.3 Å². The third-order valence-corrected chi connectivity index (χ3v) is 3.27. The molecule has 0 fully saturated rings. The summed E-state index contributed by atoms with van der Waals surface area (Å²) in [5, 5.41) is 2.66. The first-order valence-electron chi connectivity index (χ1n) is 5.92. The first-order chi connectivity index (χ1) is 9.51. The lowest BCUT2D eigenvalue weighted by molar-refractivity contribution is 0.102. The molecule has 0 bridgehead atoms. The number of hydrogen-bond donors (Lipinski definition) is 1. The molecule has 1 N–H and O–H groups in total. The summed E-state index contributed by atoms with van der Waals surface area (Å²) in [4.78, 5) is 12.1. The molecule has 0 spiro atoms. The zero-order valence-electron chi connectivity index (χ0n) is 11.0. The van der Waals surface area contributed by atoms with Gasteiger partial charge in [-0.1, -0.05) is 22.0 Å². The van der Waals surface area contributed by atoms with Crippen LogP contribution in [0.5, 0.6) is 5.75 Å². The maximum absolute atomic E-state index is 13.7. The number of ether oxygens (including phenoxy) is 1. The van der Waals surface area contributed by atoms with Crippen molar-refractivity contribution in [2.45, 2.75) is 6.92 Å². The lowest BCUT2D eigenvalue weighted by Crippen LogP contribution is -2.14. The van der Waals surface area contributed by atoms with Crippen LogP contribution in [0.2, 0.25) is 0 Å². The van der Waals surface area contributed by atoms with Crippen LogP contribution in [0.25, 0.3) is 0 Å². The lowest BCUT2D eigenvalue weighted by atomic mass is 10.1. The molecule has 0 heterocycles. The number of anilines is 1. The largest absolute Gasteiger partial charge is 0.495 e. The van der Waals surface area contributed by atoms with E-state index in [-0.39, 0.29) is 5.56 Å². The van der Waals surface area contributed by atoms with Crippen molar-refractivity contribution < 1.29 is 13.9 Å². The van der Waals surface area contributed by atoms with Crippen molar-refractivity contribution in [1.82, 2.24) is 0 Å². The van der Waals surface area contributed by atoms with Crippen molar-refractivity contribution in [3.05, 3.63) is 57.8 Å². The molecule has 3 nitrogen and oxygen atoms in total. The fourth-order valence-electron chi connectivity index (χ4n) is 1.78. The van der Waals surface area contributed by atoms with Crippen LogP contribution >= 0.6 is 15.9 Å². The zero-order chi connectivity index (χ0) is 14.7. The van der Waals surface area contributed by atoms with Gasteiger partial charge >= 0.3 is 0 Å². The van der Waals surface area contributed by atoms with Crippen molar-refractivity contribution in [3.63, 3.8) is 0 Å². The normalized spacial score (nSPS) is 10.2. The minimum absolute atomic E-state index is 0.0169. The van der Waals surface area contributed by atoms with Crippen molar-refractivity contribution in [1.29, 1.82) is 0 Å². The average Bonchev–Trinajstić information content (AvgIpc) is 2.38. The molecule has 0 atom stereocenters. The predicted octanol–water partition coefficient (Wildman–Crippen LogP) is 4.16. The van der Waals surface area contributed by atoms with Crippen LogP contribution in [0.3, 0.4) is 0 Å². The van der Waals surface area contributed by atoms with Crippen LogP contribution in [0, 0.1) is 12.7 Å². The molecule has 0 aliphatic carbocycles. The van der Waals surface area contributed by atoms with Gasteiger partial charge in [-0.15, -0.1) is 0 Å². The van der Waals surface area contributed by atoms with E-state index in [9.17, 15) is 9.18 Å². The average molecular weight is 338 g/mol. The van der Waals surface area contributed by atoms with E-state index in [0.29, 0.717) is 15.9 Å². The van der Waals surface area contributed by atoms with E-state index in [4.69, 9.17) is 4.74 Å². The van der Waals surface area contributed by atoms with Crippen molar-refractivity contribution in [2.24, 2.45) is 0 Å². The summed E-state index contributed by atoms with van der Waals surface area (Å²) < 4.78 is 19.5. The molecule has 0 saturated carbocycles. The number of carbonyl (C=O) groups excluding carboxylic acids is 1. The van der Waals surface area contributed by atoms with Gasteiger partial charge in [0, 0.05) is 4.47 Å². The fourth-order valence-corrected chi connectivity index (χ4v) is 2.12. The third-order valence-electron chi connectivity index (χ3n) is 2.78. The molecule has 104 valence electrons. The molecule has 5 heteroatoms. The molecule has 0 unspecified atom stereocenters. The Balaban J connectivity index is 2.30. The van der Waals surface area contributed by atoms with E-state index in [1.54, 1.807) is 18.2 Å². The summed E-state index contributed by atoms with van der Waals surface area (Å²) in [5.74, 6) is -0.566. The van der Waals surface area contributed by atoms with E-state index in [1.807, 2.05) is 13.0 Å². The first-order valence-corrected chi connectivity index (χ1v) is 6.71. The number of hydrogen-bond acceptors (Lipinski definition) is 2. The SMILES string of the molecule is COc1ccc(C)cc1NC(=O)c1ccc(Br)cc1F. The molecule has 1 amide bonds. The number of methoxy groups -OCH3 is 1. The standard InChI is InChI=1S/C15H13BrFNO2/c1-9-3-6-14(20-2)13(7-9)18-15(19)11-5-4-10(16)8-12(11)17/h3-8H,1-2H3,(H,18,19). The molecular formula is C15H13BrFNO2. The van der Waals surface area contributed by atoms with Gasteiger partial charge in [-0.3, -0.25) is 4.79 Å². The minimum atomic E-state index is -0.580. The number of amides is 1. The van der Waals surface area contributed by atoms with Gasteiger partial charge in [0.2, 0.25) is 0 Å². The molecule has 20 heavy (non-hydrogen) atoms. The van der Waals surface area contributed by atoms with Crippen molar-refractivity contribution >= 4 is 27.5 Å². The number of rotatable bonds is 3. The summed E-state index contributed by atoms with van der Waals surface area (Å²) in [5.41, 5.74) is 1.47. The molecule has 2 rings (SSSR count). The third kappa shape index (κ3) is 3.17. The maximum Gasteiger partial charge on any atom is 0.258 e. The Morgan fingerprint density at radius 2 is 2.00 bits per heavy atom. The van der Waals surface area contributed by atoms with Gasteiger partial charge in [-0.2, -0.15) is 0 Å². The second-order valence-electron chi connectivity index (χ2n) is 4.28. The van der Waals surface area contributed by atoms with Crippen LogP contribution < -0.4 is 10.1 Å². The fraction of sp³-hybridized carbons (Fsp3) is 0.133. The van der Waals surface area contributed by atoms with Crippen LogP contribution in [0.4, 0.5) is 10.1 Å². The van der Waals surface area contributed by atoms with Gasteiger partial charge in [-0.05, 0) is 42.8 Å². The van der Waals surface area contributed by atoms with Gasteiger partial charge in [0.25, 0.3) is 5.91 Å². The minimum Gasteiger partial charge on any atom is -0.495 e. The molecule has 0 saturated heterocycles. The van der Waals surface area contributed by atoms with E-state index in [2.05, 4.69) is 21.2 Å². The van der Waals surface area contributed by atoms with Gasteiger partial charge in [0.1, 0.15) is 11.6 Å². The number of aryl methyl sites for hydroxylation is 1. The number of carbonyl (C=O) groups is 1. The molecule has 0 radical (unpaired) electrons. The van der Waals surface area contributed by atoms with E-state index >= 15 is 0 Å². The second-order valence-corrected chi connectivity index (χ2v) is 5.20. The Morgan fingerprint density at radius 1 is 1.25 bits per heavy atom. The Morgan fingerprint density at radius 3 is 2.65 bits per heavy atom. The number of benzene rings is 2. The smallest absolute Gasteiger partial charge is 0.258 e. The lowest BCUT2D eigenvalue weighted by Gasteiger charge is -2.11. The predicted molar refractivity (Wildman–Crippen MR) is 79.8 cm³/mol. The van der Waals surface area contributed by atoms with Crippen LogP contribution in [0.15, 0.2) is 40.9 Å². The Bertz CT molecular complexity index is 658. The monoisotopic (exact) mass is 337 g/mol. The maximum atomic E-state index is 13.7. The molecular weight excluding hydrogens is 325 g/mol. The summed E-state index contributed by atoms with van der Waals surface area (Å²) in [6.07, 6.45) is 0. The van der Waals surface area contributed by atoms with Gasteiger partial charge in [-0.25, -0.2) is 4.39 Å². The van der Waals surface area contributed by atoms with Crippen LogP contribution in [0.1, 0.15) is 15.9 Å². The highest BCUT2D eigenvalue weighted by molar-refractivity contribution is 9.10. The number of halogens is 2. The van der Waals surface area contributed by atoms with E-state index in [1.165, 1.54) is 19.2 Å². The summed E-state index contributed by atoms with van der Waals surface area (Å²) in [6, 6.07) is 9.69. The molecule has 0 aromatic heterocycles. The summed E-state index contributed by atoms with van der Waals surface area (Å²) >= 11 is 3.15. The Hall–Kier alpha value is -1.88. The molecule has 0 aliphatic heterocycles. The molecule has 2 aromatic carbocycles. The van der Waals surface area contributed by atoms with Crippen LogP contribution in [-0.4, -0.2) is 13.0 Å². The van der Waals surface area contributed by atoms with Crippen molar-refractivity contribution in [2.75, 3.05) is 12.4 Å². The van der Waals surface area contributed by atoms with Crippen molar-refractivity contribution in [3.8, 4) is 5.75 Å². The highest BCUT2D eigenvalue weighted by Gasteiger charge is 2.14. The summed E-state index contributed by atoms with van der Waals surface area (Å²) in [6.45, 7) is 1.90. The highest BCUT2D eigenvalue weighted by atomic mass is 79.9. The van der Waals surface area contributed by atoms with Gasteiger partial charge < -0.3 is 10.1 Å². The summed E-state index contributed by atoms with van der Waals surface area (Å²) in [7, 11) is 1.51. The quantitative estimate of drug-likeness (QED) is 0.913. The molecule has 0 aliphatic rings. The zero-order valence-corrected chi connectivity index (χ0v) is 12.6. The Kier molecular flexibility index (Phi) is 4.39.